The van der Waals surface area contributed by atoms with Crippen molar-refractivity contribution in [1.29, 1.82) is 0 Å². The van der Waals surface area contributed by atoms with Gasteiger partial charge in [0.15, 0.2) is 0 Å². The maximum atomic E-state index is 6.27. The average Bonchev–Trinajstić information content (AvgIpc) is 3.07. The molecule has 2 aromatic rings. The van der Waals surface area contributed by atoms with Crippen molar-refractivity contribution in [3.63, 3.8) is 0 Å². The van der Waals surface area contributed by atoms with Crippen molar-refractivity contribution in [3.05, 3.63) is 41.4 Å². The second kappa shape index (κ2) is 7.32. The Hall–Kier alpha value is -1.59. The molecule has 0 aliphatic carbocycles. The second-order valence-corrected chi connectivity index (χ2v) is 6.60. The molecule has 5 nitrogen and oxygen atoms in total. The fourth-order valence-corrected chi connectivity index (χ4v) is 3.61. The van der Waals surface area contributed by atoms with Crippen LogP contribution in [0.2, 0.25) is 5.02 Å². The molecular weight excluding hydrogens is 312 g/mol. The molecule has 6 heteroatoms. The van der Waals surface area contributed by atoms with Gasteiger partial charge in [0, 0.05) is 19.1 Å². The topological polar surface area (TPSA) is 43.2 Å². The quantitative estimate of drug-likeness (QED) is 0.840. The summed E-state index contributed by atoms with van der Waals surface area (Å²) in [7, 11) is 1.64. The summed E-state index contributed by atoms with van der Waals surface area (Å²) in [6.45, 7) is 5.38. The Labute approximate surface area is 142 Å². The van der Waals surface area contributed by atoms with Crippen molar-refractivity contribution in [2.45, 2.75) is 32.4 Å². The minimum absolute atomic E-state index is 0.344. The van der Waals surface area contributed by atoms with Gasteiger partial charge in [-0.2, -0.15) is 5.10 Å². The Morgan fingerprint density at radius 1 is 1.43 bits per heavy atom. The predicted octanol–water partition coefficient (Wildman–Crippen LogP) is 3.41. The molecule has 1 aliphatic heterocycles. The highest BCUT2D eigenvalue weighted by molar-refractivity contribution is 6.32. The fraction of sp³-hybridized carbons (Fsp3) is 0.529. The van der Waals surface area contributed by atoms with E-state index in [4.69, 9.17) is 16.3 Å². The Kier molecular flexibility index (Phi) is 5.18. The molecule has 2 heterocycles. The normalized spacial score (nSPS) is 20.4. The highest BCUT2D eigenvalue weighted by Crippen LogP contribution is 2.32. The zero-order valence-electron chi connectivity index (χ0n) is 13.7. The number of likely N-dealkylation sites (tertiary alicyclic amines) is 1. The van der Waals surface area contributed by atoms with E-state index >= 15 is 0 Å². The third-order valence-corrected chi connectivity index (χ3v) is 4.96. The third-order valence-electron chi connectivity index (χ3n) is 4.67. The molecule has 23 heavy (non-hydrogen) atoms. The number of halogens is 1. The van der Waals surface area contributed by atoms with Gasteiger partial charge in [0.05, 0.1) is 12.1 Å². The van der Waals surface area contributed by atoms with Gasteiger partial charge in [0.2, 0.25) is 0 Å². The Bertz CT molecular complexity index is 632. The van der Waals surface area contributed by atoms with Crippen molar-refractivity contribution < 1.29 is 4.74 Å². The number of rotatable bonds is 5. The summed E-state index contributed by atoms with van der Waals surface area (Å²) >= 11 is 6.27. The zero-order valence-corrected chi connectivity index (χ0v) is 14.4. The van der Waals surface area contributed by atoms with Crippen LogP contribution in [-0.2, 0) is 6.54 Å². The summed E-state index contributed by atoms with van der Waals surface area (Å²) in [5, 5.41) is 4.90. The number of ether oxygens (including phenoxy) is 1. The lowest BCUT2D eigenvalue weighted by molar-refractivity contribution is 0.121. The highest BCUT2D eigenvalue weighted by atomic mass is 35.5. The monoisotopic (exact) mass is 334 g/mol. The van der Waals surface area contributed by atoms with Gasteiger partial charge in [-0.15, -0.1) is 0 Å². The fourth-order valence-electron chi connectivity index (χ4n) is 3.34. The highest BCUT2D eigenvalue weighted by Gasteiger charge is 2.25. The lowest BCUT2D eigenvalue weighted by atomic mass is 9.95. The van der Waals surface area contributed by atoms with Gasteiger partial charge in [-0.3, -0.25) is 9.58 Å². The first-order valence-corrected chi connectivity index (χ1v) is 8.45. The molecular formula is C17H23ClN4O. The first kappa shape index (κ1) is 16.3. The molecule has 0 unspecified atom stereocenters. The van der Waals surface area contributed by atoms with Crippen molar-refractivity contribution in [3.8, 4) is 5.75 Å². The van der Waals surface area contributed by atoms with Crippen LogP contribution in [0, 0.1) is 5.92 Å². The van der Waals surface area contributed by atoms with Crippen LogP contribution >= 0.6 is 11.6 Å². The molecule has 1 aromatic heterocycles. The first-order valence-electron chi connectivity index (χ1n) is 8.07. The minimum Gasteiger partial charge on any atom is -0.495 e. The lowest BCUT2D eigenvalue weighted by Crippen LogP contribution is -2.38. The van der Waals surface area contributed by atoms with E-state index in [9.17, 15) is 0 Å². The third kappa shape index (κ3) is 3.85. The molecule has 1 aromatic carbocycles. The molecule has 0 saturated carbocycles. The zero-order chi connectivity index (χ0) is 16.2. The predicted molar refractivity (Wildman–Crippen MR) is 90.7 cm³/mol. The van der Waals surface area contributed by atoms with Crippen LogP contribution < -0.4 is 4.74 Å². The summed E-state index contributed by atoms with van der Waals surface area (Å²) in [4.78, 5) is 6.56. The van der Waals surface area contributed by atoms with E-state index in [2.05, 4.69) is 28.0 Å². The average molecular weight is 335 g/mol. The van der Waals surface area contributed by atoms with Crippen LogP contribution in [0.4, 0.5) is 0 Å². The molecule has 1 fully saturated rings. The number of piperidine rings is 1. The van der Waals surface area contributed by atoms with Crippen LogP contribution in [0.1, 0.15) is 31.4 Å². The molecule has 1 aliphatic rings. The summed E-state index contributed by atoms with van der Waals surface area (Å²) < 4.78 is 7.17. The molecule has 3 rings (SSSR count). The molecule has 0 bridgehead atoms. The molecule has 0 amide bonds. The van der Waals surface area contributed by atoms with Gasteiger partial charge < -0.3 is 4.74 Å². The number of hydrogen-bond donors (Lipinski definition) is 0. The second-order valence-electron chi connectivity index (χ2n) is 6.19. The molecule has 0 radical (unpaired) electrons. The van der Waals surface area contributed by atoms with Crippen molar-refractivity contribution in [2.24, 2.45) is 5.92 Å². The first-order chi connectivity index (χ1) is 11.2. The standard InChI is InChI=1S/C17H23ClN4O/c1-13(15-5-6-17(23-2)16(18)8-15)21-7-3-4-14(9-21)10-22-12-19-11-20-22/h5-6,8,11-14H,3-4,7,9-10H2,1-2H3/t13-,14+/m0/s1. The number of aromatic nitrogens is 3. The van der Waals surface area contributed by atoms with Gasteiger partial charge in [-0.25, -0.2) is 4.98 Å². The molecule has 0 spiro atoms. The van der Waals surface area contributed by atoms with Crippen LogP contribution in [0.15, 0.2) is 30.9 Å². The Morgan fingerprint density at radius 3 is 3.00 bits per heavy atom. The van der Waals surface area contributed by atoms with E-state index in [1.165, 1.54) is 18.4 Å². The SMILES string of the molecule is COc1ccc([C@H](C)N2CCC[C@@H](Cn3cncn3)C2)cc1Cl. The van der Waals surface area contributed by atoms with Crippen LogP contribution in [0.3, 0.4) is 0 Å². The van der Waals surface area contributed by atoms with Gasteiger partial charge in [0.1, 0.15) is 18.4 Å². The van der Waals surface area contributed by atoms with E-state index in [0.29, 0.717) is 17.0 Å². The van der Waals surface area contributed by atoms with Gasteiger partial charge in [0.25, 0.3) is 0 Å². The number of nitrogens with zero attached hydrogens (tertiary/aromatic N) is 4. The smallest absolute Gasteiger partial charge is 0.137 e. The van der Waals surface area contributed by atoms with Crippen LogP contribution in [0.5, 0.6) is 5.75 Å². The molecule has 1 saturated heterocycles. The van der Waals surface area contributed by atoms with Crippen molar-refractivity contribution >= 4 is 11.6 Å². The number of methoxy groups -OCH3 is 1. The Balaban J connectivity index is 1.66. The van der Waals surface area contributed by atoms with E-state index in [0.717, 1.165) is 25.4 Å². The van der Waals surface area contributed by atoms with Crippen molar-refractivity contribution in [1.82, 2.24) is 19.7 Å². The van der Waals surface area contributed by atoms with E-state index in [-0.39, 0.29) is 0 Å². The lowest BCUT2D eigenvalue weighted by Gasteiger charge is -2.37. The van der Waals surface area contributed by atoms with Crippen LogP contribution in [-0.4, -0.2) is 39.9 Å². The largest absolute Gasteiger partial charge is 0.495 e. The maximum Gasteiger partial charge on any atom is 0.137 e. The van der Waals surface area contributed by atoms with Gasteiger partial charge >= 0.3 is 0 Å². The van der Waals surface area contributed by atoms with E-state index in [1.807, 2.05) is 16.8 Å². The summed E-state index contributed by atoms with van der Waals surface area (Å²) in [6.07, 6.45) is 5.86. The van der Waals surface area contributed by atoms with Crippen molar-refractivity contribution in [2.75, 3.05) is 20.2 Å². The van der Waals surface area contributed by atoms with Crippen LogP contribution in [0.25, 0.3) is 0 Å². The van der Waals surface area contributed by atoms with Gasteiger partial charge in [-0.05, 0) is 49.9 Å². The minimum atomic E-state index is 0.344. The van der Waals surface area contributed by atoms with E-state index < -0.39 is 0 Å². The number of benzene rings is 1. The summed E-state index contributed by atoms with van der Waals surface area (Å²) in [5.41, 5.74) is 1.23. The molecule has 124 valence electrons. The molecule has 0 N–H and O–H groups in total. The van der Waals surface area contributed by atoms with Gasteiger partial charge in [-0.1, -0.05) is 17.7 Å². The summed E-state index contributed by atoms with van der Waals surface area (Å²) in [5.74, 6) is 1.34. The maximum absolute atomic E-state index is 6.27. The van der Waals surface area contributed by atoms with E-state index in [1.54, 1.807) is 19.8 Å². The molecule has 2 atom stereocenters. The Morgan fingerprint density at radius 2 is 2.30 bits per heavy atom. The number of hydrogen-bond acceptors (Lipinski definition) is 4. The summed E-state index contributed by atoms with van der Waals surface area (Å²) in [6, 6.07) is 6.42.